The normalized spacial score (nSPS) is 11.2. The molecule has 0 aliphatic heterocycles. The average molecular weight is 414 g/mol. The van der Waals surface area contributed by atoms with Crippen molar-refractivity contribution in [3.05, 3.63) is 78.2 Å². The van der Waals surface area contributed by atoms with Gasteiger partial charge in [0.1, 0.15) is 17.4 Å². The van der Waals surface area contributed by atoms with Crippen molar-refractivity contribution in [2.24, 2.45) is 0 Å². The summed E-state index contributed by atoms with van der Waals surface area (Å²) in [6.45, 7) is 0. The third kappa shape index (κ3) is 3.73. The van der Waals surface area contributed by atoms with Crippen LogP contribution in [0, 0.1) is 5.82 Å². The molecule has 0 saturated carbocycles. The first kappa shape index (κ1) is 18.9. The Bertz CT molecular complexity index is 1400. The van der Waals surface area contributed by atoms with E-state index in [-0.39, 0.29) is 18.1 Å². The highest BCUT2D eigenvalue weighted by atomic mass is 19.1. The zero-order valence-electron chi connectivity index (χ0n) is 16.7. The van der Waals surface area contributed by atoms with Crippen molar-refractivity contribution in [3.63, 3.8) is 0 Å². The number of hydrogen-bond acceptors (Lipinski definition) is 3. The molecule has 0 radical (unpaired) electrons. The van der Waals surface area contributed by atoms with Gasteiger partial charge in [-0.1, -0.05) is 0 Å². The minimum atomic E-state index is -0.311. The van der Waals surface area contributed by atoms with Gasteiger partial charge in [0.2, 0.25) is 5.91 Å². The number of nitrogens with zero attached hydrogens (tertiary/aromatic N) is 1. The third-order valence-electron chi connectivity index (χ3n) is 5.21. The van der Waals surface area contributed by atoms with Crippen molar-refractivity contribution in [1.82, 2.24) is 15.0 Å². The Morgan fingerprint density at radius 3 is 2.71 bits per heavy atom. The number of carbonyl (C=O) groups excluding carboxylic acids is 1. The van der Waals surface area contributed by atoms with Crippen molar-refractivity contribution in [1.29, 1.82) is 0 Å². The van der Waals surface area contributed by atoms with Crippen LogP contribution in [0.25, 0.3) is 33.3 Å². The Labute approximate surface area is 177 Å². The van der Waals surface area contributed by atoms with Crippen molar-refractivity contribution >= 4 is 33.5 Å². The number of carbonyl (C=O) groups is 1. The second kappa shape index (κ2) is 7.60. The van der Waals surface area contributed by atoms with Crippen molar-refractivity contribution in [2.75, 3.05) is 12.4 Å². The van der Waals surface area contributed by atoms with Gasteiger partial charge >= 0.3 is 0 Å². The molecular formula is C24H19FN4O2. The van der Waals surface area contributed by atoms with E-state index in [0.717, 1.165) is 27.8 Å². The number of imidazole rings is 1. The number of rotatable bonds is 5. The van der Waals surface area contributed by atoms with Crippen molar-refractivity contribution in [3.8, 4) is 17.1 Å². The van der Waals surface area contributed by atoms with E-state index in [1.54, 1.807) is 13.2 Å². The number of amides is 1. The van der Waals surface area contributed by atoms with Gasteiger partial charge in [0.15, 0.2) is 0 Å². The van der Waals surface area contributed by atoms with Crippen LogP contribution in [0.3, 0.4) is 0 Å². The van der Waals surface area contributed by atoms with Gasteiger partial charge in [0.05, 0.1) is 24.6 Å². The van der Waals surface area contributed by atoms with Crippen LogP contribution in [0.4, 0.5) is 10.1 Å². The zero-order valence-corrected chi connectivity index (χ0v) is 16.7. The monoisotopic (exact) mass is 414 g/mol. The molecule has 3 aromatic carbocycles. The van der Waals surface area contributed by atoms with Gasteiger partial charge < -0.3 is 20.0 Å². The molecule has 5 aromatic rings. The molecule has 0 aliphatic carbocycles. The topological polar surface area (TPSA) is 82.8 Å². The molecule has 7 heteroatoms. The van der Waals surface area contributed by atoms with Crippen LogP contribution < -0.4 is 10.1 Å². The lowest BCUT2D eigenvalue weighted by Gasteiger charge is -2.06. The standard InChI is InChI=1S/C24H19FN4O2/c1-31-18-7-9-20-19(12-18)15(13-26-20)10-23(30)27-17-5-2-14(3-6-17)24-28-21-8-4-16(25)11-22(21)29-24/h2-9,11-13,26H,10H2,1H3,(H,27,30)(H,28,29). The van der Waals surface area contributed by atoms with E-state index in [1.807, 2.05) is 48.7 Å². The number of hydrogen-bond donors (Lipinski definition) is 3. The van der Waals surface area contributed by atoms with Crippen molar-refractivity contribution in [2.45, 2.75) is 6.42 Å². The Morgan fingerprint density at radius 1 is 1.06 bits per heavy atom. The Kier molecular flexibility index (Phi) is 4.63. The summed E-state index contributed by atoms with van der Waals surface area (Å²) in [5, 5.41) is 3.89. The fourth-order valence-corrected chi connectivity index (χ4v) is 3.64. The molecule has 0 bridgehead atoms. The van der Waals surface area contributed by atoms with Gasteiger partial charge in [0, 0.05) is 28.4 Å². The summed E-state index contributed by atoms with van der Waals surface area (Å²) in [7, 11) is 1.62. The Balaban J connectivity index is 1.30. The first-order chi connectivity index (χ1) is 15.1. The van der Waals surface area contributed by atoms with Gasteiger partial charge in [-0.15, -0.1) is 0 Å². The summed E-state index contributed by atoms with van der Waals surface area (Å²) >= 11 is 0. The maximum Gasteiger partial charge on any atom is 0.228 e. The van der Waals surface area contributed by atoms with Gasteiger partial charge in [-0.2, -0.15) is 0 Å². The van der Waals surface area contributed by atoms with E-state index in [4.69, 9.17) is 4.74 Å². The number of nitrogens with one attached hydrogen (secondary N) is 3. The predicted molar refractivity (Wildman–Crippen MR) is 119 cm³/mol. The highest BCUT2D eigenvalue weighted by molar-refractivity contribution is 5.96. The molecule has 3 N–H and O–H groups in total. The highest BCUT2D eigenvalue weighted by Gasteiger charge is 2.11. The molecule has 2 aromatic heterocycles. The lowest BCUT2D eigenvalue weighted by atomic mass is 10.1. The molecule has 0 fully saturated rings. The fraction of sp³-hybridized carbons (Fsp3) is 0.0833. The predicted octanol–water partition coefficient (Wildman–Crippen LogP) is 5.04. The summed E-state index contributed by atoms with van der Waals surface area (Å²) in [4.78, 5) is 23.4. The van der Waals surface area contributed by atoms with Crippen LogP contribution in [0.2, 0.25) is 0 Å². The van der Waals surface area contributed by atoms with Gasteiger partial charge in [0.25, 0.3) is 0 Å². The number of halogens is 1. The van der Waals surface area contributed by atoms with Crippen molar-refractivity contribution < 1.29 is 13.9 Å². The maximum absolute atomic E-state index is 13.4. The maximum atomic E-state index is 13.4. The average Bonchev–Trinajstić information content (AvgIpc) is 3.37. The fourth-order valence-electron chi connectivity index (χ4n) is 3.64. The SMILES string of the molecule is COc1ccc2[nH]cc(CC(=O)Nc3ccc(-c4nc5ccc(F)cc5[nH]4)cc3)c2c1. The molecule has 0 unspecified atom stereocenters. The molecule has 0 spiro atoms. The second-order valence-corrected chi connectivity index (χ2v) is 7.27. The molecule has 1 amide bonds. The minimum absolute atomic E-state index is 0.115. The number of aromatic nitrogens is 3. The summed E-state index contributed by atoms with van der Waals surface area (Å²) in [5.74, 6) is 0.967. The summed E-state index contributed by atoms with van der Waals surface area (Å²) in [5.41, 5.74) is 4.73. The third-order valence-corrected chi connectivity index (χ3v) is 5.21. The number of aromatic amines is 2. The molecule has 0 saturated heterocycles. The molecule has 0 aliphatic rings. The molecule has 154 valence electrons. The van der Waals surface area contributed by atoms with Crippen LogP contribution in [0.1, 0.15) is 5.56 Å². The van der Waals surface area contributed by atoms with Crippen LogP contribution >= 0.6 is 0 Å². The zero-order chi connectivity index (χ0) is 21.4. The number of fused-ring (bicyclic) bond motifs is 2. The Morgan fingerprint density at radius 2 is 1.90 bits per heavy atom. The largest absolute Gasteiger partial charge is 0.497 e. The summed E-state index contributed by atoms with van der Waals surface area (Å²) < 4.78 is 18.7. The molecule has 6 nitrogen and oxygen atoms in total. The summed E-state index contributed by atoms with van der Waals surface area (Å²) in [6, 6.07) is 17.5. The molecular weight excluding hydrogens is 395 g/mol. The lowest BCUT2D eigenvalue weighted by Crippen LogP contribution is -2.14. The molecule has 0 atom stereocenters. The smallest absolute Gasteiger partial charge is 0.228 e. The van der Waals surface area contributed by atoms with Crippen LogP contribution in [-0.4, -0.2) is 28.0 Å². The molecule has 2 heterocycles. The van der Waals surface area contributed by atoms with E-state index in [1.165, 1.54) is 12.1 Å². The van der Waals surface area contributed by atoms with Gasteiger partial charge in [-0.05, 0) is 66.2 Å². The first-order valence-electron chi connectivity index (χ1n) is 9.78. The van der Waals surface area contributed by atoms with E-state index >= 15 is 0 Å². The first-order valence-corrected chi connectivity index (χ1v) is 9.78. The van der Waals surface area contributed by atoms with Crippen LogP contribution in [-0.2, 0) is 11.2 Å². The van der Waals surface area contributed by atoms with Gasteiger partial charge in [-0.25, -0.2) is 9.37 Å². The Hall–Kier alpha value is -4.13. The van der Waals surface area contributed by atoms with E-state index in [0.29, 0.717) is 22.5 Å². The minimum Gasteiger partial charge on any atom is -0.497 e. The lowest BCUT2D eigenvalue weighted by molar-refractivity contribution is -0.115. The number of benzene rings is 3. The highest BCUT2D eigenvalue weighted by Crippen LogP contribution is 2.25. The second-order valence-electron chi connectivity index (χ2n) is 7.27. The number of ether oxygens (including phenoxy) is 1. The summed E-state index contributed by atoms with van der Waals surface area (Å²) in [6.07, 6.45) is 2.08. The van der Waals surface area contributed by atoms with E-state index in [9.17, 15) is 9.18 Å². The van der Waals surface area contributed by atoms with E-state index in [2.05, 4.69) is 20.3 Å². The van der Waals surface area contributed by atoms with Crippen LogP contribution in [0.15, 0.2) is 66.9 Å². The number of anilines is 1. The van der Waals surface area contributed by atoms with Gasteiger partial charge in [-0.3, -0.25) is 4.79 Å². The number of H-pyrrole nitrogens is 2. The number of methoxy groups -OCH3 is 1. The molecule has 31 heavy (non-hydrogen) atoms. The van der Waals surface area contributed by atoms with E-state index < -0.39 is 0 Å². The quantitative estimate of drug-likeness (QED) is 0.377. The van der Waals surface area contributed by atoms with Crippen LogP contribution in [0.5, 0.6) is 5.75 Å². The molecule has 5 rings (SSSR count).